The fourth-order valence-corrected chi connectivity index (χ4v) is 5.21. The van der Waals surface area contributed by atoms with E-state index in [2.05, 4.69) is 28.1 Å². The van der Waals surface area contributed by atoms with Gasteiger partial charge in [-0.3, -0.25) is 9.05 Å². The van der Waals surface area contributed by atoms with E-state index < -0.39 is 7.82 Å². The Morgan fingerprint density at radius 2 is 1.61 bits per heavy atom. The van der Waals surface area contributed by atoms with Gasteiger partial charge in [0, 0.05) is 11.2 Å². The van der Waals surface area contributed by atoms with Gasteiger partial charge >= 0.3 is 7.82 Å². The van der Waals surface area contributed by atoms with E-state index in [0.29, 0.717) is 11.2 Å². The number of rotatable bonds is 9. The molecule has 0 spiro atoms. The maximum Gasteiger partial charge on any atom is 0.472 e. The summed E-state index contributed by atoms with van der Waals surface area (Å²) in [7, 11) is -4.13. The summed E-state index contributed by atoms with van der Waals surface area (Å²) in [6.45, 7) is 0.248. The predicted octanol–water partition coefficient (Wildman–Crippen LogP) is 6.58. The third-order valence-electron chi connectivity index (χ3n) is 5.51. The predicted molar refractivity (Wildman–Crippen MR) is 115 cm³/mol. The van der Waals surface area contributed by atoms with Crippen LogP contribution in [0.5, 0.6) is 0 Å². The van der Waals surface area contributed by atoms with Crippen molar-refractivity contribution in [3.63, 3.8) is 0 Å². The molecule has 0 saturated heterocycles. The first-order valence-electron chi connectivity index (χ1n) is 9.88. The first-order valence-corrected chi connectivity index (χ1v) is 12.5. The van der Waals surface area contributed by atoms with Crippen LogP contribution >= 0.6 is 23.8 Å². The molecular weight excluding hydrogens is 439 g/mol. The molecule has 2 unspecified atom stereocenters. The molecule has 1 N–H and O–H groups in total. The normalized spacial score (nSPS) is 18.5. The highest BCUT2D eigenvalue weighted by Crippen LogP contribution is 2.47. The second-order valence-corrected chi connectivity index (χ2v) is 9.37. The molecule has 0 radical (unpaired) electrons. The van der Waals surface area contributed by atoms with Crippen LogP contribution in [0.2, 0.25) is 0 Å². The molecule has 1 fully saturated rings. The molecule has 152 valence electrons. The third kappa shape index (κ3) is 6.27. The summed E-state index contributed by atoms with van der Waals surface area (Å²) in [5.41, 5.74) is 3.08. The van der Waals surface area contributed by atoms with E-state index in [-0.39, 0.29) is 19.1 Å². The molecule has 28 heavy (non-hydrogen) atoms. The summed E-state index contributed by atoms with van der Waals surface area (Å²) >= 11 is 3.43. The first kappa shape index (κ1) is 21.7. The van der Waals surface area contributed by atoms with Gasteiger partial charge < -0.3 is 4.89 Å². The van der Waals surface area contributed by atoms with Gasteiger partial charge in [0.15, 0.2) is 0 Å². The Bertz CT molecular complexity index is 777. The largest absolute Gasteiger partial charge is 0.472 e. The van der Waals surface area contributed by atoms with Gasteiger partial charge in [0.2, 0.25) is 0 Å². The number of benzene rings is 2. The molecule has 1 aliphatic carbocycles. The number of alkyl halides is 1. The van der Waals surface area contributed by atoms with Gasteiger partial charge in [0.05, 0.1) is 13.2 Å². The minimum Gasteiger partial charge on any atom is -0.302 e. The Morgan fingerprint density at radius 3 is 2.29 bits per heavy atom. The molecule has 6 heteroatoms. The lowest BCUT2D eigenvalue weighted by atomic mass is 9.77. The van der Waals surface area contributed by atoms with E-state index >= 15 is 0 Å². The number of phosphoric ester groups is 1. The van der Waals surface area contributed by atoms with E-state index in [1.54, 1.807) is 0 Å². The summed E-state index contributed by atoms with van der Waals surface area (Å²) in [5.74, 6) is 0.589. The van der Waals surface area contributed by atoms with Gasteiger partial charge in [0.25, 0.3) is 0 Å². The number of hydrogen-bond acceptors (Lipinski definition) is 3. The topological polar surface area (TPSA) is 55.8 Å². The monoisotopic (exact) mass is 466 g/mol. The molecule has 2 atom stereocenters. The summed E-state index contributed by atoms with van der Waals surface area (Å²) < 4.78 is 23.3. The standard InChI is InChI=1S/C22H28BrO4P/c23-15-20-13-7-8-14-21(20)16-26-28(24,25)27-17-22(18-9-3-1-4-10-18)19-11-5-2-6-12-19/h1,3-4,7-10,13-14,19,22H,2,5-6,11-12,15-17H2,(H,24,25). The van der Waals surface area contributed by atoms with Crippen LogP contribution in [0.25, 0.3) is 0 Å². The van der Waals surface area contributed by atoms with Crippen LogP contribution in [-0.4, -0.2) is 11.5 Å². The molecular formula is C22H28BrO4P. The molecule has 4 nitrogen and oxygen atoms in total. The van der Waals surface area contributed by atoms with Gasteiger partial charge in [-0.15, -0.1) is 0 Å². The Kier molecular flexibility index (Phi) is 8.31. The SMILES string of the molecule is O=P(O)(OCc1ccccc1CBr)OCC(c1ccccc1)C1CCCCC1. The lowest BCUT2D eigenvalue weighted by Gasteiger charge is -2.31. The molecule has 0 amide bonds. The minimum atomic E-state index is -4.13. The second-order valence-electron chi connectivity index (χ2n) is 7.36. The highest BCUT2D eigenvalue weighted by Gasteiger charge is 2.29. The summed E-state index contributed by atoms with van der Waals surface area (Å²) in [6, 6.07) is 17.9. The van der Waals surface area contributed by atoms with Gasteiger partial charge in [-0.25, -0.2) is 4.57 Å². The number of phosphoric acid groups is 1. The zero-order valence-corrected chi connectivity index (χ0v) is 18.5. The highest BCUT2D eigenvalue weighted by atomic mass is 79.9. The van der Waals surface area contributed by atoms with Crippen molar-refractivity contribution in [3.05, 3.63) is 71.3 Å². The van der Waals surface area contributed by atoms with Crippen molar-refractivity contribution in [1.82, 2.24) is 0 Å². The van der Waals surface area contributed by atoms with Crippen LogP contribution in [-0.2, 0) is 25.5 Å². The number of halogens is 1. The second kappa shape index (κ2) is 10.7. The van der Waals surface area contributed by atoms with Crippen molar-refractivity contribution in [3.8, 4) is 0 Å². The van der Waals surface area contributed by atoms with Crippen LogP contribution in [0.3, 0.4) is 0 Å². The Labute approximate surface area is 176 Å². The maximum absolute atomic E-state index is 12.5. The molecule has 3 rings (SSSR count). The van der Waals surface area contributed by atoms with Gasteiger partial charge in [0.1, 0.15) is 0 Å². The van der Waals surface area contributed by atoms with Crippen molar-refractivity contribution >= 4 is 23.8 Å². The summed E-state index contributed by atoms with van der Waals surface area (Å²) in [5, 5.41) is 0.668. The summed E-state index contributed by atoms with van der Waals surface area (Å²) in [6.07, 6.45) is 5.97. The Balaban J connectivity index is 1.63. The minimum absolute atomic E-state index is 0.0506. The van der Waals surface area contributed by atoms with Crippen molar-refractivity contribution in [1.29, 1.82) is 0 Å². The van der Waals surface area contributed by atoms with Crippen LogP contribution < -0.4 is 0 Å². The average molecular weight is 467 g/mol. The first-order chi connectivity index (χ1) is 13.6. The smallest absolute Gasteiger partial charge is 0.302 e. The van der Waals surface area contributed by atoms with Gasteiger partial charge in [-0.1, -0.05) is 89.8 Å². The zero-order valence-electron chi connectivity index (χ0n) is 16.0. The van der Waals surface area contributed by atoms with E-state index in [1.807, 2.05) is 42.5 Å². The van der Waals surface area contributed by atoms with Crippen LogP contribution in [0, 0.1) is 5.92 Å². The Hall–Kier alpha value is -0.970. The maximum atomic E-state index is 12.5. The lowest BCUT2D eigenvalue weighted by Crippen LogP contribution is -2.20. The highest BCUT2D eigenvalue weighted by molar-refractivity contribution is 9.08. The molecule has 0 aromatic heterocycles. The fourth-order valence-electron chi connectivity index (χ4n) is 3.93. The fraction of sp³-hybridized carbons (Fsp3) is 0.455. The average Bonchev–Trinajstić information content (AvgIpc) is 2.74. The van der Waals surface area contributed by atoms with Crippen LogP contribution in [0.15, 0.2) is 54.6 Å². The Morgan fingerprint density at radius 1 is 0.964 bits per heavy atom. The van der Waals surface area contributed by atoms with Crippen molar-refractivity contribution < 1.29 is 18.5 Å². The van der Waals surface area contributed by atoms with E-state index in [0.717, 1.165) is 24.0 Å². The molecule has 1 saturated carbocycles. The van der Waals surface area contributed by atoms with E-state index in [4.69, 9.17) is 9.05 Å². The summed E-state index contributed by atoms with van der Waals surface area (Å²) in [4.78, 5) is 10.2. The van der Waals surface area contributed by atoms with E-state index in [9.17, 15) is 9.46 Å². The van der Waals surface area contributed by atoms with E-state index in [1.165, 1.54) is 24.8 Å². The number of hydrogen-bond donors (Lipinski definition) is 1. The molecule has 0 bridgehead atoms. The van der Waals surface area contributed by atoms with Crippen molar-refractivity contribution in [2.75, 3.05) is 6.61 Å². The van der Waals surface area contributed by atoms with Crippen molar-refractivity contribution in [2.45, 2.75) is 50.0 Å². The van der Waals surface area contributed by atoms with Crippen LogP contribution in [0.4, 0.5) is 0 Å². The van der Waals surface area contributed by atoms with Gasteiger partial charge in [-0.05, 0) is 35.4 Å². The lowest BCUT2D eigenvalue weighted by molar-refractivity contribution is 0.122. The molecule has 0 heterocycles. The molecule has 2 aromatic carbocycles. The quantitative estimate of drug-likeness (QED) is 0.334. The zero-order chi connectivity index (χ0) is 19.8. The molecule has 0 aliphatic heterocycles. The van der Waals surface area contributed by atoms with Crippen LogP contribution in [0.1, 0.15) is 54.7 Å². The molecule has 2 aromatic rings. The van der Waals surface area contributed by atoms with Gasteiger partial charge in [-0.2, -0.15) is 0 Å². The molecule has 1 aliphatic rings. The third-order valence-corrected chi connectivity index (χ3v) is 7.04. The van der Waals surface area contributed by atoms with Crippen molar-refractivity contribution in [2.24, 2.45) is 5.92 Å².